The first-order chi connectivity index (χ1) is 8.20. The number of hydrogen-bond donors (Lipinski definition) is 0. The molecule has 0 amide bonds. The second kappa shape index (κ2) is 11.1. The van der Waals surface area contributed by atoms with Crippen LogP contribution in [0.2, 0.25) is 0 Å². The van der Waals surface area contributed by atoms with Crippen LogP contribution in [0.4, 0.5) is 0 Å². The Morgan fingerprint density at radius 2 is 1.24 bits per heavy atom. The third-order valence-electron chi connectivity index (χ3n) is 2.06. The smallest absolute Gasteiger partial charge is 0.313 e. The number of carbonyl (C=O) groups excluding carboxylic acids is 2. The van der Waals surface area contributed by atoms with Gasteiger partial charge in [-0.3, -0.25) is 9.59 Å². The molecule has 0 fully saturated rings. The van der Waals surface area contributed by atoms with Crippen molar-refractivity contribution < 1.29 is 14.3 Å². The summed E-state index contributed by atoms with van der Waals surface area (Å²) >= 11 is 0. The van der Waals surface area contributed by atoms with Crippen molar-refractivity contribution in [2.45, 2.75) is 52.4 Å². The largest absolute Gasteiger partial charge is 0.393 e. The van der Waals surface area contributed by atoms with Crippen molar-refractivity contribution in [1.29, 1.82) is 0 Å². The predicted molar refractivity (Wildman–Crippen MR) is 68.4 cm³/mol. The molecule has 0 N–H and O–H groups in total. The zero-order valence-electron chi connectivity index (χ0n) is 10.8. The van der Waals surface area contributed by atoms with Crippen LogP contribution in [0, 0.1) is 0 Å². The van der Waals surface area contributed by atoms with Crippen LogP contribution in [0.25, 0.3) is 0 Å². The van der Waals surface area contributed by atoms with E-state index in [4.69, 9.17) is 0 Å². The molecule has 0 unspecified atom stereocenters. The Labute approximate surface area is 104 Å². The topological polar surface area (TPSA) is 43.4 Å². The van der Waals surface area contributed by atoms with Crippen molar-refractivity contribution in [3.63, 3.8) is 0 Å². The van der Waals surface area contributed by atoms with Gasteiger partial charge in [0.15, 0.2) is 0 Å². The van der Waals surface area contributed by atoms with E-state index in [1.807, 2.05) is 38.2 Å². The molecule has 0 saturated carbocycles. The highest BCUT2D eigenvalue weighted by Crippen LogP contribution is 2.00. The van der Waals surface area contributed by atoms with E-state index in [1.165, 1.54) is 0 Å². The van der Waals surface area contributed by atoms with Crippen LogP contribution in [-0.4, -0.2) is 11.9 Å². The Bertz CT molecular complexity index is 249. The van der Waals surface area contributed by atoms with Gasteiger partial charge in [0.05, 0.1) is 0 Å². The zero-order chi connectivity index (χ0) is 12.9. The van der Waals surface area contributed by atoms with E-state index in [0.29, 0.717) is 12.8 Å². The molecule has 0 heterocycles. The van der Waals surface area contributed by atoms with Gasteiger partial charge in [-0.15, -0.1) is 0 Å². The summed E-state index contributed by atoms with van der Waals surface area (Å²) in [4.78, 5) is 22.4. The lowest BCUT2D eigenvalue weighted by Gasteiger charge is -2.00. The highest BCUT2D eigenvalue weighted by Gasteiger charge is 2.08. The number of carbonyl (C=O) groups is 2. The molecule has 96 valence electrons. The van der Waals surface area contributed by atoms with E-state index in [9.17, 15) is 9.59 Å². The summed E-state index contributed by atoms with van der Waals surface area (Å²) in [5.74, 6) is -0.870. The Morgan fingerprint density at radius 3 is 1.59 bits per heavy atom. The summed E-state index contributed by atoms with van der Waals surface area (Å²) in [5.41, 5.74) is 0. The number of rotatable bonds is 8. The summed E-state index contributed by atoms with van der Waals surface area (Å²) in [6.07, 6.45) is 11.6. The minimum absolute atomic E-state index is 0.271. The Kier molecular flexibility index (Phi) is 10.2. The first kappa shape index (κ1) is 15.6. The Balaban J connectivity index is 3.62. The molecule has 0 saturated heterocycles. The number of hydrogen-bond acceptors (Lipinski definition) is 3. The van der Waals surface area contributed by atoms with E-state index in [2.05, 4.69) is 4.74 Å². The summed E-state index contributed by atoms with van der Waals surface area (Å²) in [6.45, 7) is 4.06. The highest BCUT2D eigenvalue weighted by atomic mass is 16.6. The summed E-state index contributed by atoms with van der Waals surface area (Å²) in [6, 6.07) is 0. The lowest BCUT2D eigenvalue weighted by molar-refractivity contribution is -0.159. The van der Waals surface area contributed by atoms with Crippen LogP contribution in [0.5, 0.6) is 0 Å². The molecule has 0 radical (unpaired) electrons. The molecule has 0 spiro atoms. The minimum atomic E-state index is -0.435. The average Bonchev–Trinajstić information content (AvgIpc) is 2.30. The second-order valence-corrected chi connectivity index (χ2v) is 3.68. The standard InChI is InChI=1S/C14H22O3/c1-3-5-7-9-11-13(15)17-14(16)12-10-8-6-4-2/h5-8H,3-4,9-12H2,1-2H3/b7-5+,8-6+. The van der Waals surface area contributed by atoms with Gasteiger partial charge in [0.25, 0.3) is 0 Å². The van der Waals surface area contributed by atoms with Gasteiger partial charge in [0, 0.05) is 12.8 Å². The summed E-state index contributed by atoms with van der Waals surface area (Å²) < 4.78 is 4.67. The minimum Gasteiger partial charge on any atom is -0.393 e. The van der Waals surface area contributed by atoms with Gasteiger partial charge in [-0.05, 0) is 25.7 Å². The summed E-state index contributed by atoms with van der Waals surface area (Å²) in [5, 5.41) is 0. The van der Waals surface area contributed by atoms with E-state index in [1.54, 1.807) is 0 Å². The fraction of sp³-hybridized carbons (Fsp3) is 0.571. The Morgan fingerprint density at radius 1 is 0.824 bits per heavy atom. The van der Waals surface area contributed by atoms with E-state index < -0.39 is 11.9 Å². The maximum absolute atomic E-state index is 11.2. The van der Waals surface area contributed by atoms with Crippen molar-refractivity contribution in [2.75, 3.05) is 0 Å². The van der Waals surface area contributed by atoms with Crippen molar-refractivity contribution in [1.82, 2.24) is 0 Å². The molecule has 0 atom stereocenters. The van der Waals surface area contributed by atoms with Gasteiger partial charge < -0.3 is 4.74 Å². The maximum Gasteiger partial charge on any atom is 0.313 e. The van der Waals surface area contributed by atoms with Crippen molar-refractivity contribution in [3.8, 4) is 0 Å². The normalized spacial score (nSPS) is 11.2. The van der Waals surface area contributed by atoms with Crippen molar-refractivity contribution in [2.24, 2.45) is 0 Å². The van der Waals surface area contributed by atoms with Gasteiger partial charge in [-0.25, -0.2) is 0 Å². The molecule has 3 nitrogen and oxygen atoms in total. The molecule has 0 aliphatic heterocycles. The molecule has 17 heavy (non-hydrogen) atoms. The fourth-order valence-electron chi connectivity index (χ4n) is 1.20. The van der Waals surface area contributed by atoms with E-state index >= 15 is 0 Å². The van der Waals surface area contributed by atoms with Gasteiger partial charge in [-0.2, -0.15) is 0 Å². The van der Waals surface area contributed by atoms with Gasteiger partial charge in [0.1, 0.15) is 0 Å². The number of allylic oxidation sites excluding steroid dienone is 4. The average molecular weight is 238 g/mol. The second-order valence-electron chi connectivity index (χ2n) is 3.68. The highest BCUT2D eigenvalue weighted by molar-refractivity contribution is 5.85. The number of esters is 2. The first-order valence-corrected chi connectivity index (χ1v) is 6.24. The Hall–Kier alpha value is -1.38. The number of ether oxygens (including phenoxy) is 1. The van der Waals surface area contributed by atoms with Gasteiger partial charge >= 0.3 is 11.9 Å². The van der Waals surface area contributed by atoms with Crippen LogP contribution in [0.15, 0.2) is 24.3 Å². The predicted octanol–water partition coefficient (Wildman–Crippen LogP) is 3.55. The third-order valence-corrected chi connectivity index (χ3v) is 2.06. The van der Waals surface area contributed by atoms with Crippen molar-refractivity contribution >= 4 is 11.9 Å². The fourth-order valence-corrected chi connectivity index (χ4v) is 1.20. The van der Waals surface area contributed by atoms with Crippen LogP contribution >= 0.6 is 0 Å². The molecule has 0 aromatic carbocycles. The van der Waals surface area contributed by atoms with E-state index in [0.717, 1.165) is 12.8 Å². The van der Waals surface area contributed by atoms with Crippen molar-refractivity contribution in [3.05, 3.63) is 24.3 Å². The zero-order valence-corrected chi connectivity index (χ0v) is 10.8. The maximum atomic E-state index is 11.2. The molecule has 0 rings (SSSR count). The van der Waals surface area contributed by atoms with E-state index in [-0.39, 0.29) is 12.8 Å². The van der Waals surface area contributed by atoms with Crippen LogP contribution in [0.1, 0.15) is 52.4 Å². The lowest BCUT2D eigenvalue weighted by atomic mass is 10.2. The third kappa shape index (κ3) is 10.9. The molecule has 0 aromatic rings. The van der Waals surface area contributed by atoms with Crippen LogP contribution in [-0.2, 0) is 14.3 Å². The van der Waals surface area contributed by atoms with Crippen LogP contribution < -0.4 is 0 Å². The monoisotopic (exact) mass is 238 g/mol. The van der Waals surface area contributed by atoms with Gasteiger partial charge in [-0.1, -0.05) is 38.2 Å². The van der Waals surface area contributed by atoms with Crippen LogP contribution in [0.3, 0.4) is 0 Å². The molecule has 0 aromatic heterocycles. The molecule has 0 bridgehead atoms. The first-order valence-electron chi connectivity index (χ1n) is 6.24. The molecular weight excluding hydrogens is 216 g/mol. The lowest BCUT2D eigenvalue weighted by Crippen LogP contribution is -2.11. The molecule has 3 heteroatoms. The summed E-state index contributed by atoms with van der Waals surface area (Å²) in [7, 11) is 0. The molecule has 0 aliphatic carbocycles. The van der Waals surface area contributed by atoms with Gasteiger partial charge in [0.2, 0.25) is 0 Å². The quantitative estimate of drug-likeness (QED) is 0.369. The SMILES string of the molecule is CC/C=C/CCC(=O)OC(=O)CC/C=C/CC. The molecular formula is C14H22O3. The molecule has 0 aliphatic rings.